The van der Waals surface area contributed by atoms with Crippen LogP contribution >= 0.6 is 0 Å². The van der Waals surface area contributed by atoms with E-state index < -0.39 is 0 Å². The van der Waals surface area contributed by atoms with Gasteiger partial charge in [0.15, 0.2) is 0 Å². The molecule has 0 spiro atoms. The van der Waals surface area contributed by atoms with E-state index in [0.717, 1.165) is 28.0 Å². The first-order valence-corrected chi connectivity index (χ1v) is 5.57. The van der Waals surface area contributed by atoms with Gasteiger partial charge in [-0.25, -0.2) is 9.78 Å². The molecule has 0 saturated carbocycles. The number of nitrogens with zero attached hydrogens (tertiary/aromatic N) is 2. The molecule has 0 bridgehead atoms. The molecule has 3 aromatic rings. The summed E-state index contributed by atoms with van der Waals surface area (Å²) in [5.74, 6) is 0.477. The third kappa shape index (κ3) is 1.42. The first-order valence-electron chi connectivity index (χ1n) is 5.57. The smallest absolute Gasteiger partial charge is 0.323 e. The van der Waals surface area contributed by atoms with E-state index in [9.17, 15) is 4.79 Å². The second kappa shape index (κ2) is 3.49. The lowest BCUT2D eigenvalue weighted by molar-refractivity contribution is 0.889. The van der Waals surface area contributed by atoms with E-state index in [2.05, 4.69) is 15.0 Å². The third-order valence-corrected chi connectivity index (χ3v) is 3.21. The summed E-state index contributed by atoms with van der Waals surface area (Å²) in [6.45, 7) is 1.96. The molecule has 2 heterocycles. The Morgan fingerprint density at radius 2 is 2.00 bits per heavy atom. The lowest BCUT2D eigenvalue weighted by Gasteiger charge is -2.00. The first-order chi connectivity index (χ1) is 8.56. The van der Waals surface area contributed by atoms with E-state index in [-0.39, 0.29) is 5.69 Å². The molecule has 0 aliphatic carbocycles. The van der Waals surface area contributed by atoms with Crippen molar-refractivity contribution in [3.8, 4) is 11.3 Å². The van der Waals surface area contributed by atoms with Crippen LogP contribution in [-0.4, -0.2) is 19.5 Å². The number of imidazole rings is 2. The van der Waals surface area contributed by atoms with Crippen molar-refractivity contribution in [2.75, 3.05) is 5.73 Å². The van der Waals surface area contributed by atoms with Crippen LogP contribution in [0.5, 0.6) is 0 Å². The zero-order valence-corrected chi connectivity index (χ0v) is 10.1. The second-order valence-electron chi connectivity index (χ2n) is 4.30. The largest absolute Gasteiger partial charge is 0.369 e. The molecular weight excluding hydrogens is 230 g/mol. The van der Waals surface area contributed by atoms with Crippen molar-refractivity contribution in [1.82, 2.24) is 19.5 Å². The van der Waals surface area contributed by atoms with Crippen LogP contribution in [0.15, 0.2) is 23.0 Å². The highest BCUT2D eigenvalue weighted by atomic mass is 16.1. The molecule has 0 aliphatic heterocycles. The molecule has 0 unspecified atom stereocenters. The Bertz CT molecular complexity index is 793. The van der Waals surface area contributed by atoms with E-state index in [0.29, 0.717) is 5.95 Å². The maximum absolute atomic E-state index is 11.2. The van der Waals surface area contributed by atoms with Gasteiger partial charge in [-0.05, 0) is 19.1 Å². The fraction of sp³-hybridized carbons (Fsp3) is 0.167. The molecule has 6 heteroatoms. The molecule has 2 aromatic heterocycles. The Morgan fingerprint density at radius 3 is 2.67 bits per heavy atom. The monoisotopic (exact) mass is 243 g/mol. The summed E-state index contributed by atoms with van der Waals surface area (Å²) in [5, 5.41) is 0. The number of hydrogen-bond donors (Lipinski definition) is 3. The van der Waals surface area contributed by atoms with E-state index in [1.807, 2.05) is 36.7 Å². The van der Waals surface area contributed by atoms with Crippen molar-refractivity contribution in [3.63, 3.8) is 0 Å². The van der Waals surface area contributed by atoms with Crippen molar-refractivity contribution < 1.29 is 0 Å². The van der Waals surface area contributed by atoms with Crippen LogP contribution in [0.25, 0.3) is 22.3 Å². The molecule has 3 rings (SSSR count). The van der Waals surface area contributed by atoms with Gasteiger partial charge >= 0.3 is 5.69 Å². The summed E-state index contributed by atoms with van der Waals surface area (Å²) in [4.78, 5) is 21.0. The minimum absolute atomic E-state index is 0.209. The van der Waals surface area contributed by atoms with Gasteiger partial charge in [-0.3, -0.25) is 0 Å². The number of aromatic nitrogens is 4. The highest BCUT2D eigenvalue weighted by molar-refractivity contribution is 5.81. The topological polar surface area (TPSA) is 92.5 Å². The number of fused-ring (bicyclic) bond motifs is 1. The van der Waals surface area contributed by atoms with E-state index in [4.69, 9.17) is 5.73 Å². The Morgan fingerprint density at radius 1 is 1.28 bits per heavy atom. The van der Waals surface area contributed by atoms with Crippen molar-refractivity contribution in [2.24, 2.45) is 7.05 Å². The number of H-pyrrole nitrogens is 2. The molecule has 0 atom stereocenters. The van der Waals surface area contributed by atoms with Crippen LogP contribution in [0.1, 0.15) is 5.69 Å². The summed E-state index contributed by atoms with van der Waals surface area (Å²) < 4.78 is 1.83. The molecule has 0 saturated heterocycles. The fourth-order valence-electron chi connectivity index (χ4n) is 2.05. The molecule has 18 heavy (non-hydrogen) atoms. The standard InChI is InChI=1S/C12H13N5O/c1-6-10(16-11(13)17(6)2)7-3-4-8-9(5-7)15-12(18)14-8/h3-5H,1-2H3,(H2,13,16)(H2,14,15,18). The van der Waals surface area contributed by atoms with Gasteiger partial charge in [0.1, 0.15) is 0 Å². The van der Waals surface area contributed by atoms with E-state index in [1.54, 1.807) is 0 Å². The normalized spacial score (nSPS) is 11.2. The zero-order chi connectivity index (χ0) is 12.9. The van der Waals surface area contributed by atoms with E-state index in [1.165, 1.54) is 0 Å². The van der Waals surface area contributed by atoms with Gasteiger partial charge < -0.3 is 20.3 Å². The molecule has 0 fully saturated rings. The summed E-state index contributed by atoms with van der Waals surface area (Å²) in [6, 6.07) is 5.66. The summed E-state index contributed by atoms with van der Waals surface area (Å²) in [5.41, 5.74) is 9.88. The average molecular weight is 243 g/mol. The van der Waals surface area contributed by atoms with Gasteiger partial charge in [0.2, 0.25) is 5.95 Å². The molecule has 4 N–H and O–H groups in total. The van der Waals surface area contributed by atoms with Crippen molar-refractivity contribution in [3.05, 3.63) is 34.4 Å². The molecular formula is C12H13N5O. The highest BCUT2D eigenvalue weighted by Gasteiger charge is 2.11. The van der Waals surface area contributed by atoms with Gasteiger partial charge in [-0.15, -0.1) is 0 Å². The Balaban J connectivity index is 2.24. The molecule has 6 nitrogen and oxygen atoms in total. The minimum Gasteiger partial charge on any atom is -0.369 e. The lowest BCUT2D eigenvalue weighted by atomic mass is 10.1. The summed E-state index contributed by atoms with van der Waals surface area (Å²) in [6.07, 6.45) is 0. The van der Waals surface area contributed by atoms with Crippen LogP contribution in [-0.2, 0) is 7.05 Å². The Labute approximate surface area is 102 Å². The Hall–Kier alpha value is -2.50. The van der Waals surface area contributed by atoms with Crippen LogP contribution < -0.4 is 11.4 Å². The summed E-state index contributed by atoms with van der Waals surface area (Å²) in [7, 11) is 1.87. The number of rotatable bonds is 1. The average Bonchev–Trinajstić information content (AvgIpc) is 2.82. The minimum atomic E-state index is -0.209. The van der Waals surface area contributed by atoms with Crippen molar-refractivity contribution in [1.29, 1.82) is 0 Å². The van der Waals surface area contributed by atoms with Gasteiger partial charge in [-0.1, -0.05) is 6.07 Å². The number of anilines is 1. The van der Waals surface area contributed by atoms with Crippen LogP contribution in [0, 0.1) is 6.92 Å². The second-order valence-corrected chi connectivity index (χ2v) is 4.30. The predicted octanol–water partition coefficient (Wildman–Crippen LogP) is 1.15. The molecule has 92 valence electrons. The quantitative estimate of drug-likeness (QED) is 0.598. The van der Waals surface area contributed by atoms with Gasteiger partial charge in [0, 0.05) is 18.3 Å². The first kappa shape index (κ1) is 10.6. The molecule has 0 radical (unpaired) electrons. The lowest BCUT2D eigenvalue weighted by Crippen LogP contribution is -1.99. The number of nitrogens with one attached hydrogen (secondary N) is 2. The number of nitrogen functional groups attached to an aromatic ring is 1. The number of aromatic amines is 2. The zero-order valence-electron chi connectivity index (χ0n) is 10.1. The molecule has 0 aliphatic rings. The number of benzene rings is 1. The van der Waals surface area contributed by atoms with Crippen molar-refractivity contribution in [2.45, 2.75) is 6.92 Å². The molecule has 1 aromatic carbocycles. The SMILES string of the molecule is Cc1c(-c2ccc3[nH]c(=O)[nH]c3c2)nc(N)n1C. The maximum atomic E-state index is 11.2. The van der Waals surface area contributed by atoms with Crippen LogP contribution in [0.2, 0.25) is 0 Å². The predicted molar refractivity (Wildman–Crippen MR) is 70.3 cm³/mol. The maximum Gasteiger partial charge on any atom is 0.323 e. The van der Waals surface area contributed by atoms with Gasteiger partial charge in [0.05, 0.1) is 16.7 Å². The number of hydrogen-bond acceptors (Lipinski definition) is 3. The van der Waals surface area contributed by atoms with Crippen LogP contribution in [0.3, 0.4) is 0 Å². The van der Waals surface area contributed by atoms with Crippen molar-refractivity contribution >= 4 is 17.0 Å². The highest BCUT2D eigenvalue weighted by Crippen LogP contribution is 2.25. The summed E-state index contributed by atoms with van der Waals surface area (Å²) >= 11 is 0. The molecule has 0 amide bonds. The van der Waals surface area contributed by atoms with E-state index >= 15 is 0 Å². The van der Waals surface area contributed by atoms with Gasteiger partial charge in [-0.2, -0.15) is 0 Å². The van der Waals surface area contributed by atoms with Crippen LogP contribution in [0.4, 0.5) is 5.95 Å². The fourth-order valence-corrected chi connectivity index (χ4v) is 2.05. The Kier molecular flexibility index (Phi) is 2.07. The number of nitrogens with two attached hydrogens (primary N) is 1. The third-order valence-electron chi connectivity index (χ3n) is 3.21. The van der Waals surface area contributed by atoms with Gasteiger partial charge in [0.25, 0.3) is 0 Å².